The molecular formula is C12H14NO3P. The highest BCUT2D eigenvalue weighted by Crippen LogP contribution is 2.43. The quantitative estimate of drug-likeness (QED) is 0.833. The molecule has 0 aliphatic heterocycles. The zero-order valence-electron chi connectivity index (χ0n) is 9.28. The first-order chi connectivity index (χ1) is 8.16. The van der Waals surface area contributed by atoms with Crippen LogP contribution in [0.4, 0.5) is 0 Å². The lowest BCUT2D eigenvalue weighted by Gasteiger charge is -2.17. The second-order valence-corrected chi connectivity index (χ2v) is 5.08. The zero-order valence-corrected chi connectivity index (χ0v) is 10.2. The normalized spacial score (nSPS) is 18.1. The van der Waals surface area contributed by atoms with Gasteiger partial charge in [0.1, 0.15) is 11.5 Å². The third-order valence-electron chi connectivity index (χ3n) is 2.20. The fourth-order valence-corrected chi connectivity index (χ4v) is 2.40. The zero-order chi connectivity index (χ0) is 12.1. The summed E-state index contributed by atoms with van der Waals surface area (Å²) >= 11 is 0. The second-order valence-electron chi connectivity index (χ2n) is 3.64. The van der Waals surface area contributed by atoms with Crippen LogP contribution in [-0.4, -0.2) is 0 Å². The number of benzene rings is 1. The Bertz CT molecular complexity index is 482. The van der Waals surface area contributed by atoms with Crippen molar-refractivity contribution in [3.05, 3.63) is 54.3 Å². The van der Waals surface area contributed by atoms with Gasteiger partial charge in [0, 0.05) is 6.42 Å². The van der Waals surface area contributed by atoms with Crippen LogP contribution in [0.5, 0.6) is 5.75 Å². The molecule has 0 saturated carbocycles. The molecule has 90 valence electrons. The Morgan fingerprint density at radius 1 is 1.18 bits per heavy atom. The minimum Gasteiger partial charge on any atom is -0.409 e. The predicted molar refractivity (Wildman–Crippen MR) is 66.4 cm³/mol. The molecule has 1 aromatic rings. The van der Waals surface area contributed by atoms with E-state index in [-0.39, 0.29) is 0 Å². The molecule has 17 heavy (non-hydrogen) atoms. The van der Waals surface area contributed by atoms with Crippen molar-refractivity contribution in [3.63, 3.8) is 0 Å². The van der Waals surface area contributed by atoms with Gasteiger partial charge in [0.15, 0.2) is 0 Å². The van der Waals surface area contributed by atoms with Crippen LogP contribution in [0.1, 0.15) is 12.8 Å². The number of para-hydroxylation sites is 1. The minimum atomic E-state index is -3.59. The summed E-state index contributed by atoms with van der Waals surface area (Å²) < 4.78 is 22.3. The van der Waals surface area contributed by atoms with Crippen LogP contribution in [0.3, 0.4) is 0 Å². The third kappa shape index (κ3) is 3.77. The van der Waals surface area contributed by atoms with E-state index in [0.717, 1.165) is 6.42 Å². The summed E-state index contributed by atoms with van der Waals surface area (Å²) in [5, 5.41) is 0. The van der Waals surface area contributed by atoms with Crippen molar-refractivity contribution in [2.75, 3.05) is 0 Å². The van der Waals surface area contributed by atoms with Gasteiger partial charge in [0.25, 0.3) is 0 Å². The number of nitrogens with two attached hydrogens (primary N) is 1. The Kier molecular flexibility index (Phi) is 3.67. The van der Waals surface area contributed by atoms with Crippen LogP contribution < -0.4 is 10.0 Å². The molecule has 0 radical (unpaired) electrons. The summed E-state index contributed by atoms with van der Waals surface area (Å²) in [4.78, 5) is 0. The van der Waals surface area contributed by atoms with Crippen molar-refractivity contribution in [1.82, 2.24) is 0 Å². The van der Waals surface area contributed by atoms with Gasteiger partial charge in [-0.15, -0.1) is 0 Å². The highest BCUT2D eigenvalue weighted by Gasteiger charge is 2.23. The van der Waals surface area contributed by atoms with E-state index in [1.54, 1.807) is 30.3 Å². The molecule has 0 heterocycles. The maximum atomic E-state index is 11.9. The Hall–Kier alpha value is -1.51. The van der Waals surface area contributed by atoms with Gasteiger partial charge >= 0.3 is 7.75 Å². The van der Waals surface area contributed by atoms with Gasteiger partial charge < -0.3 is 9.05 Å². The van der Waals surface area contributed by atoms with E-state index in [1.165, 1.54) is 0 Å². The Morgan fingerprint density at radius 3 is 2.59 bits per heavy atom. The first kappa shape index (κ1) is 12.0. The standard InChI is InChI=1S/C12H14NO3P/c13-17(14,15-11-7-3-1-4-8-11)16-12-9-5-2-6-10-12/h1-5,7-9H,6,10H2,(H2,13,14). The number of hydrogen-bond donors (Lipinski definition) is 1. The molecule has 0 aromatic heterocycles. The maximum absolute atomic E-state index is 11.9. The topological polar surface area (TPSA) is 61.6 Å². The van der Waals surface area contributed by atoms with E-state index in [0.29, 0.717) is 17.9 Å². The molecule has 4 nitrogen and oxygen atoms in total. The van der Waals surface area contributed by atoms with Crippen LogP contribution in [0.15, 0.2) is 54.3 Å². The molecule has 0 bridgehead atoms. The molecule has 0 saturated heterocycles. The van der Waals surface area contributed by atoms with E-state index < -0.39 is 7.75 Å². The fourth-order valence-electron chi connectivity index (χ4n) is 1.47. The molecule has 1 aliphatic carbocycles. The Labute approximate surface area is 100 Å². The van der Waals surface area contributed by atoms with Gasteiger partial charge in [0.05, 0.1) is 0 Å². The lowest BCUT2D eigenvalue weighted by molar-refractivity contribution is 0.321. The fraction of sp³-hybridized carbons (Fsp3) is 0.167. The predicted octanol–water partition coefficient (Wildman–Crippen LogP) is 3.38. The van der Waals surface area contributed by atoms with Crippen LogP contribution in [0, 0.1) is 0 Å². The SMILES string of the molecule is NP(=O)(OC1=CC=CCC1)Oc1ccccc1. The lowest BCUT2D eigenvalue weighted by atomic mass is 10.2. The van der Waals surface area contributed by atoms with Gasteiger partial charge in [-0.2, -0.15) is 0 Å². The van der Waals surface area contributed by atoms with Crippen LogP contribution in [0.25, 0.3) is 0 Å². The first-order valence-electron chi connectivity index (χ1n) is 5.34. The smallest absolute Gasteiger partial charge is 0.409 e. The molecule has 1 unspecified atom stereocenters. The van der Waals surface area contributed by atoms with E-state index in [1.807, 2.05) is 18.2 Å². The summed E-state index contributed by atoms with van der Waals surface area (Å²) in [7, 11) is -3.59. The van der Waals surface area contributed by atoms with E-state index in [4.69, 9.17) is 14.6 Å². The molecule has 1 aliphatic rings. The summed E-state index contributed by atoms with van der Waals surface area (Å²) in [6.07, 6.45) is 7.15. The van der Waals surface area contributed by atoms with Crippen molar-refractivity contribution in [2.24, 2.45) is 5.50 Å². The van der Waals surface area contributed by atoms with Gasteiger partial charge in [0.2, 0.25) is 0 Å². The number of hydrogen-bond acceptors (Lipinski definition) is 3. The average molecular weight is 251 g/mol. The molecule has 1 atom stereocenters. The summed E-state index contributed by atoms with van der Waals surface area (Å²) in [6.45, 7) is 0. The molecule has 0 fully saturated rings. The van der Waals surface area contributed by atoms with E-state index >= 15 is 0 Å². The van der Waals surface area contributed by atoms with Gasteiger partial charge in [-0.1, -0.05) is 30.4 Å². The number of rotatable bonds is 4. The van der Waals surface area contributed by atoms with Gasteiger partial charge in [-0.25, -0.2) is 10.1 Å². The molecule has 0 amide bonds. The monoisotopic (exact) mass is 251 g/mol. The van der Waals surface area contributed by atoms with Crippen molar-refractivity contribution < 1.29 is 13.6 Å². The van der Waals surface area contributed by atoms with E-state index in [2.05, 4.69) is 0 Å². The Balaban J connectivity index is 2.02. The van der Waals surface area contributed by atoms with Crippen molar-refractivity contribution in [3.8, 4) is 5.75 Å². The Morgan fingerprint density at radius 2 is 1.94 bits per heavy atom. The van der Waals surface area contributed by atoms with Crippen LogP contribution in [0.2, 0.25) is 0 Å². The third-order valence-corrected chi connectivity index (χ3v) is 3.15. The molecule has 1 aromatic carbocycles. The minimum absolute atomic E-state index is 0.435. The molecule has 0 spiro atoms. The van der Waals surface area contributed by atoms with Crippen LogP contribution in [-0.2, 0) is 9.09 Å². The summed E-state index contributed by atoms with van der Waals surface area (Å²) in [5.41, 5.74) is 5.53. The largest absolute Gasteiger partial charge is 0.509 e. The highest BCUT2D eigenvalue weighted by molar-refractivity contribution is 7.51. The van der Waals surface area contributed by atoms with Crippen molar-refractivity contribution in [2.45, 2.75) is 12.8 Å². The average Bonchev–Trinajstić information content (AvgIpc) is 2.30. The van der Waals surface area contributed by atoms with Crippen molar-refractivity contribution >= 4 is 7.75 Å². The summed E-state index contributed by atoms with van der Waals surface area (Å²) in [6, 6.07) is 8.75. The maximum Gasteiger partial charge on any atom is 0.509 e. The summed E-state index contributed by atoms with van der Waals surface area (Å²) in [5.74, 6) is 1.03. The molecular weight excluding hydrogens is 237 g/mol. The van der Waals surface area contributed by atoms with Gasteiger partial charge in [-0.05, 0) is 24.6 Å². The molecule has 2 N–H and O–H groups in total. The second kappa shape index (κ2) is 5.21. The molecule has 5 heteroatoms. The van der Waals surface area contributed by atoms with Gasteiger partial charge in [-0.3, -0.25) is 0 Å². The van der Waals surface area contributed by atoms with E-state index in [9.17, 15) is 4.57 Å². The first-order valence-corrected chi connectivity index (χ1v) is 6.95. The van der Waals surface area contributed by atoms with Crippen LogP contribution >= 0.6 is 7.75 Å². The number of allylic oxidation sites excluding steroid dienone is 4. The highest BCUT2D eigenvalue weighted by atomic mass is 31.2. The van der Waals surface area contributed by atoms with Crippen molar-refractivity contribution in [1.29, 1.82) is 0 Å². The molecule has 2 rings (SSSR count). The lowest BCUT2D eigenvalue weighted by Crippen LogP contribution is -2.07.